The molecule has 0 saturated carbocycles. The van der Waals surface area contributed by atoms with Crippen molar-refractivity contribution in [2.75, 3.05) is 5.32 Å². The van der Waals surface area contributed by atoms with Crippen LogP contribution >= 0.6 is 0 Å². The lowest BCUT2D eigenvalue weighted by Gasteiger charge is -1.98. The van der Waals surface area contributed by atoms with Gasteiger partial charge < -0.3 is 10.3 Å². The molecular formula is C8H8N4. The third-order valence-electron chi connectivity index (χ3n) is 1.41. The van der Waals surface area contributed by atoms with Crippen LogP contribution in [0.4, 0.5) is 11.8 Å². The molecule has 0 aliphatic rings. The average molecular weight is 160 g/mol. The van der Waals surface area contributed by atoms with Crippen molar-refractivity contribution in [2.24, 2.45) is 0 Å². The summed E-state index contributed by atoms with van der Waals surface area (Å²) in [4.78, 5) is 11.0. The van der Waals surface area contributed by atoms with Gasteiger partial charge in [-0.25, -0.2) is 9.97 Å². The molecule has 4 nitrogen and oxygen atoms in total. The van der Waals surface area contributed by atoms with E-state index >= 15 is 0 Å². The van der Waals surface area contributed by atoms with Gasteiger partial charge in [0.15, 0.2) is 0 Å². The van der Waals surface area contributed by atoms with Gasteiger partial charge in [0.05, 0.1) is 0 Å². The highest BCUT2D eigenvalue weighted by molar-refractivity contribution is 5.46. The molecular weight excluding hydrogens is 152 g/mol. The van der Waals surface area contributed by atoms with Crippen LogP contribution in [0.5, 0.6) is 0 Å². The van der Waals surface area contributed by atoms with Crippen LogP contribution in [0.3, 0.4) is 0 Å². The molecule has 0 aromatic carbocycles. The highest BCUT2D eigenvalue weighted by atomic mass is 15.1. The van der Waals surface area contributed by atoms with Gasteiger partial charge in [0.2, 0.25) is 5.95 Å². The van der Waals surface area contributed by atoms with Gasteiger partial charge in [-0.05, 0) is 18.2 Å². The predicted octanol–water partition coefficient (Wildman–Crippen LogP) is 1.55. The lowest BCUT2D eigenvalue weighted by atomic mass is 10.6. The lowest BCUT2D eigenvalue weighted by Crippen LogP contribution is -1.94. The highest BCUT2D eigenvalue weighted by Gasteiger charge is 1.93. The molecule has 2 aromatic heterocycles. The maximum absolute atomic E-state index is 4.01. The summed E-state index contributed by atoms with van der Waals surface area (Å²) in [6, 6.07) is 5.60. The quantitative estimate of drug-likeness (QED) is 0.700. The summed E-state index contributed by atoms with van der Waals surface area (Å²) in [5.41, 5.74) is 0. The molecule has 2 heterocycles. The Labute approximate surface area is 69.7 Å². The number of anilines is 2. The topological polar surface area (TPSA) is 53.6 Å². The first kappa shape index (κ1) is 6.84. The number of hydrogen-bond acceptors (Lipinski definition) is 3. The second-order valence-electron chi connectivity index (χ2n) is 2.28. The first-order valence-electron chi connectivity index (χ1n) is 3.62. The minimum atomic E-state index is 0.597. The zero-order chi connectivity index (χ0) is 8.23. The Bertz CT molecular complexity index is 327. The number of aromatic amines is 1. The summed E-state index contributed by atoms with van der Waals surface area (Å²) in [5.74, 6) is 1.49. The minimum absolute atomic E-state index is 0.597. The van der Waals surface area contributed by atoms with E-state index in [-0.39, 0.29) is 0 Å². The minimum Gasteiger partial charge on any atom is -0.348 e. The van der Waals surface area contributed by atoms with Gasteiger partial charge in [-0.3, -0.25) is 0 Å². The molecule has 0 aliphatic carbocycles. The fourth-order valence-electron chi connectivity index (χ4n) is 0.892. The van der Waals surface area contributed by atoms with Gasteiger partial charge in [0, 0.05) is 18.6 Å². The number of nitrogens with one attached hydrogen (secondary N) is 2. The number of H-pyrrole nitrogens is 1. The Kier molecular flexibility index (Phi) is 1.74. The van der Waals surface area contributed by atoms with Crippen molar-refractivity contribution >= 4 is 11.8 Å². The highest BCUT2D eigenvalue weighted by Crippen LogP contribution is 2.06. The molecule has 0 unspecified atom stereocenters. The van der Waals surface area contributed by atoms with E-state index in [1.165, 1.54) is 0 Å². The molecule has 2 rings (SSSR count). The smallest absolute Gasteiger partial charge is 0.228 e. The van der Waals surface area contributed by atoms with Crippen molar-refractivity contribution in [3.05, 3.63) is 36.8 Å². The van der Waals surface area contributed by atoms with E-state index < -0.39 is 0 Å². The molecule has 60 valence electrons. The van der Waals surface area contributed by atoms with Crippen molar-refractivity contribution < 1.29 is 0 Å². The van der Waals surface area contributed by atoms with Gasteiger partial charge >= 0.3 is 0 Å². The molecule has 0 amide bonds. The molecule has 0 saturated heterocycles. The first-order valence-corrected chi connectivity index (χ1v) is 3.62. The summed E-state index contributed by atoms with van der Waals surface area (Å²) in [6.45, 7) is 0. The summed E-state index contributed by atoms with van der Waals surface area (Å²) in [7, 11) is 0. The van der Waals surface area contributed by atoms with Crippen molar-refractivity contribution in [3.63, 3.8) is 0 Å². The van der Waals surface area contributed by atoms with Crippen LogP contribution < -0.4 is 5.32 Å². The normalized spacial score (nSPS) is 9.67. The monoisotopic (exact) mass is 160 g/mol. The number of aromatic nitrogens is 3. The molecule has 0 bridgehead atoms. The van der Waals surface area contributed by atoms with E-state index in [1.807, 2.05) is 18.3 Å². The zero-order valence-electron chi connectivity index (χ0n) is 6.36. The van der Waals surface area contributed by atoms with Crippen molar-refractivity contribution in [2.45, 2.75) is 0 Å². The first-order chi connectivity index (χ1) is 5.95. The summed E-state index contributed by atoms with van der Waals surface area (Å²) in [6.07, 6.45) is 5.22. The van der Waals surface area contributed by atoms with Crippen LogP contribution in [-0.4, -0.2) is 15.0 Å². The van der Waals surface area contributed by atoms with Crippen molar-refractivity contribution in [1.82, 2.24) is 15.0 Å². The van der Waals surface area contributed by atoms with Crippen LogP contribution in [0.15, 0.2) is 36.8 Å². The molecule has 0 fully saturated rings. The Morgan fingerprint density at radius 2 is 2.00 bits per heavy atom. The fraction of sp³-hybridized carbons (Fsp3) is 0. The second kappa shape index (κ2) is 3.04. The van der Waals surface area contributed by atoms with Gasteiger partial charge in [0.1, 0.15) is 5.82 Å². The van der Waals surface area contributed by atoms with Gasteiger partial charge in [-0.15, -0.1) is 0 Å². The summed E-state index contributed by atoms with van der Waals surface area (Å²) < 4.78 is 0. The molecule has 0 aliphatic heterocycles. The second-order valence-corrected chi connectivity index (χ2v) is 2.28. The molecule has 4 heteroatoms. The van der Waals surface area contributed by atoms with Crippen molar-refractivity contribution in [3.8, 4) is 0 Å². The number of hydrogen-bond donors (Lipinski definition) is 2. The summed E-state index contributed by atoms with van der Waals surface area (Å²) in [5, 5.41) is 3.01. The van der Waals surface area contributed by atoms with E-state index in [0.29, 0.717) is 5.95 Å². The van der Waals surface area contributed by atoms with Crippen LogP contribution in [-0.2, 0) is 0 Å². The van der Waals surface area contributed by atoms with E-state index in [4.69, 9.17) is 0 Å². The number of rotatable bonds is 2. The Morgan fingerprint density at radius 1 is 1.17 bits per heavy atom. The maximum Gasteiger partial charge on any atom is 0.228 e. The molecule has 2 aromatic rings. The molecule has 0 spiro atoms. The Hall–Kier alpha value is -1.84. The fourth-order valence-corrected chi connectivity index (χ4v) is 0.892. The predicted molar refractivity (Wildman–Crippen MR) is 46.1 cm³/mol. The van der Waals surface area contributed by atoms with Crippen LogP contribution in [0.1, 0.15) is 0 Å². The molecule has 0 atom stereocenters. The SMILES string of the molecule is c1cnc(Nc2ccc[nH]2)nc1. The van der Waals surface area contributed by atoms with Gasteiger partial charge in [-0.1, -0.05) is 0 Å². The zero-order valence-corrected chi connectivity index (χ0v) is 6.36. The number of nitrogens with zero attached hydrogens (tertiary/aromatic N) is 2. The largest absolute Gasteiger partial charge is 0.348 e. The van der Waals surface area contributed by atoms with Gasteiger partial charge in [-0.2, -0.15) is 0 Å². The van der Waals surface area contributed by atoms with Crippen molar-refractivity contribution in [1.29, 1.82) is 0 Å². The Balaban J connectivity index is 2.15. The van der Waals surface area contributed by atoms with Crippen LogP contribution in [0.25, 0.3) is 0 Å². The molecule has 0 radical (unpaired) electrons. The third kappa shape index (κ3) is 1.42. The van der Waals surface area contributed by atoms with E-state index in [0.717, 1.165) is 5.82 Å². The standard InChI is InChI=1S/C8H8N4/c1-3-7(9-4-1)12-8-10-5-2-6-11-8/h1-6,9H,(H,10,11,12). The van der Waals surface area contributed by atoms with E-state index in [1.54, 1.807) is 18.5 Å². The Morgan fingerprint density at radius 3 is 2.67 bits per heavy atom. The van der Waals surface area contributed by atoms with Gasteiger partial charge in [0.25, 0.3) is 0 Å². The lowest BCUT2D eigenvalue weighted by molar-refractivity contribution is 1.16. The maximum atomic E-state index is 4.01. The van der Waals surface area contributed by atoms with Crippen LogP contribution in [0, 0.1) is 0 Å². The molecule has 2 N–H and O–H groups in total. The van der Waals surface area contributed by atoms with E-state index in [2.05, 4.69) is 20.3 Å². The van der Waals surface area contributed by atoms with Crippen LogP contribution in [0.2, 0.25) is 0 Å². The van der Waals surface area contributed by atoms with E-state index in [9.17, 15) is 0 Å². The third-order valence-corrected chi connectivity index (χ3v) is 1.41. The summed E-state index contributed by atoms with van der Waals surface area (Å²) >= 11 is 0. The average Bonchev–Trinajstić information content (AvgIpc) is 2.59. The molecule has 12 heavy (non-hydrogen) atoms.